The molecule has 0 atom stereocenters. The Morgan fingerprint density at radius 2 is 1.50 bits per heavy atom. The molecule has 2 aliphatic heterocycles. The summed E-state index contributed by atoms with van der Waals surface area (Å²) in [7, 11) is 0. The summed E-state index contributed by atoms with van der Waals surface area (Å²) in [4.78, 5) is 29.1. The van der Waals surface area contributed by atoms with Crippen LogP contribution in [0.25, 0.3) is 5.69 Å². The smallest absolute Gasteiger partial charge is 0.253 e. The standard InChI is InChI=1S/C25H30N6O/c1-20-19-23(29-13-3-2-4-14-29)27-25(26-20)31-17-15-30(16-18-31)24(32)21-7-9-22(10-8-21)28-11-5-6-12-28/h5-12,19H,2-4,13-18H2,1H3. The zero-order chi connectivity index (χ0) is 21.9. The number of amides is 1. The first-order chi connectivity index (χ1) is 15.7. The molecule has 7 nitrogen and oxygen atoms in total. The van der Waals surface area contributed by atoms with Crippen molar-refractivity contribution in [3.63, 3.8) is 0 Å². The van der Waals surface area contributed by atoms with E-state index >= 15 is 0 Å². The Morgan fingerprint density at radius 1 is 0.812 bits per heavy atom. The van der Waals surface area contributed by atoms with Gasteiger partial charge in [-0.15, -0.1) is 0 Å². The van der Waals surface area contributed by atoms with Crippen LogP contribution in [0.1, 0.15) is 35.3 Å². The minimum Gasteiger partial charge on any atom is -0.356 e. The second-order valence-electron chi connectivity index (χ2n) is 8.63. The monoisotopic (exact) mass is 430 g/mol. The van der Waals surface area contributed by atoms with Crippen LogP contribution in [-0.2, 0) is 0 Å². The predicted octanol–water partition coefficient (Wildman–Crippen LogP) is 3.53. The van der Waals surface area contributed by atoms with E-state index in [0.717, 1.165) is 54.9 Å². The molecule has 0 radical (unpaired) electrons. The maximum absolute atomic E-state index is 13.0. The summed E-state index contributed by atoms with van der Waals surface area (Å²) in [5.41, 5.74) is 2.78. The van der Waals surface area contributed by atoms with Gasteiger partial charge in [0.15, 0.2) is 0 Å². The van der Waals surface area contributed by atoms with E-state index in [2.05, 4.69) is 15.9 Å². The third-order valence-corrected chi connectivity index (χ3v) is 6.38. The minimum atomic E-state index is 0.0860. The molecule has 0 aliphatic carbocycles. The summed E-state index contributed by atoms with van der Waals surface area (Å²) in [6.07, 6.45) is 7.76. The van der Waals surface area contributed by atoms with Crippen molar-refractivity contribution in [2.45, 2.75) is 26.2 Å². The SMILES string of the molecule is Cc1cc(N2CCCCC2)nc(N2CCN(C(=O)c3ccc(-n4cccc4)cc3)CC2)n1. The van der Waals surface area contributed by atoms with Gasteiger partial charge in [0.25, 0.3) is 5.91 Å². The molecule has 0 unspecified atom stereocenters. The average Bonchev–Trinajstić information content (AvgIpc) is 3.39. The number of aryl methyl sites for hydroxylation is 1. The minimum absolute atomic E-state index is 0.0860. The number of hydrogen-bond donors (Lipinski definition) is 0. The van der Waals surface area contributed by atoms with Crippen LogP contribution in [0.2, 0.25) is 0 Å². The Labute approximate surface area is 189 Å². The van der Waals surface area contributed by atoms with Crippen LogP contribution in [0.3, 0.4) is 0 Å². The van der Waals surface area contributed by atoms with E-state index < -0.39 is 0 Å². The van der Waals surface area contributed by atoms with Crippen LogP contribution < -0.4 is 9.80 Å². The van der Waals surface area contributed by atoms with E-state index in [9.17, 15) is 4.79 Å². The van der Waals surface area contributed by atoms with Gasteiger partial charge in [-0.05, 0) is 62.6 Å². The highest BCUT2D eigenvalue weighted by atomic mass is 16.2. The second-order valence-corrected chi connectivity index (χ2v) is 8.63. The molecular formula is C25H30N6O. The maximum atomic E-state index is 13.0. The van der Waals surface area contributed by atoms with Gasteiger partial charge in [0, 0.05) is 74.7 Å². The van der Waals surface area contributed by atoms with Crippen LogP contribution in [0, 0.1) is 6.92 Å². The first-order valence-corrected chi connectivity index (χ1v) is 11.6. The number of nitrogens with zero attached hydrogens (tertiary/aromatic N) is 6. The first-order valence-electron chi connectivity index (χ1n) is 11.6. The topological polar surface area (TPSA) is 57.5 Å². The fraction of sp³-hybridized carbons (Fsp3) is 0.400. The van der Waals surface area contributed by atoms with E-state index in [-0.39, 0.29) is 5.91 Å². The van der Waals surface area contributed by atoms with Crippen molar-refractivity contribution in [1.82, 2.24) is 19.4 Å². The summed E-state index contributed by atoms with van der Waals surface area (Å²) < 4.78 is 2.03. The number of anilines is 2. The van der Waals surface area contributed by atoms with Crippen LogP contribution in [0.4, 0.5) is 11.8 Å². The molecule has 2 fully saturated rings. The van der Waals surface area contributed by atoms with E-state index in [1.165, 1.54) is 19.3 Å². The molecule has 5 rings (SSSR count). The number of rotatable bonds is 4. The number of aromatic nitrogens is 3. The van der Waals surface area contributed by atoms with E-state index in [0.29, 0.717) is 13.1 Å². The van der Waals surface area contributed by atoms with Crippen molar-refractivity contribution in [2.75, 3.05) is 49.1 Å². The molecule has 0 bridgehead atoms. The van der Waals surface area contributed by atoms with Gasteiger partial charge in [-0.1, -0.05) is 0 Å². The molecule has 0 N–H and O–H groups in total. The van der Waals surface area contributed by atoms with Crippen LogP contribution in [0.5, 0.6) is 0 Å². The van der Waals surface area contributed by atoms with E-state index in [4.69, 9.17) is 9.97 Å². The molecule has 2 aliphatic rings. The Kier molecular flexibility index (Phi) is 5.79. The zero-order valence-electron chi connectivity index (χ0n) is 18.7. The summed E-state index contributed by atoms with van der Waals surface area (Å²) in [5, 5.41) is 0. The van der Waals surface area contributed by atoms with Crippen LogP contribution in [-0.4, -0.2) is 64.6 Å². The van der Waals surface area contributed by atoms with Gasteiger partial charge in [0.1, 0.15) is 5.82 Å². The lowest BCUT2D eigenvalue weighted by Crippen LogP contribution is -2.49. The lowest BCUT2D eigenvalue weighted by molar-refractivity contribution is 0.0746. The summed E-state index contributed by atoms with van der Waals surface area (Å²) in [5.74, 6) is 1.91. The van der Waals surface area contributed by atoms with Crippen molar-refractivity contribution in [1.29, 1.82) is 0 Å². The molecule has 0 spiro atoms. The first kappa shape index (κ1) is 20.5. The fourth-order valence-corrected chi connectivity index (χ4v) is 4.54. The molecule has 1 aromatic carbocycles. The molecule has 0 saturated carbocycles. The maximum Gasteiger partial charge on any atom is 0.253 e. The van der Waals surface area contributed by atoms with Crippen LogP contribution in [0.15, 0.2) is 54.9 Å². The largest absolute Gasteiger partial charge is 0.356 e. The molecular weight excluding hydrogens is 400 g/mol. The van der Waals surface area contributed by atoms with Crippen LogP contribution >= 0.6 is 0 Å². The average molecular weight is 431 g/mol. The number of piperidine rings is 1. The van der Waals surface area contributed by atoms with Crippen molar-refractivity contribution >= 4 is 17.7 Å². The van der Waals surface area contributed by atoms with Gasteiger partial charge in [-0.25, -0.2) is 4.98 Å². The number of benzene rings is 1. The van der Waals surface area contributed by atoms with Crippen molar-refractivity contribution in [3.8, 4) is 5.69 Å². The van der Waals surface area contributed by atoms with E-state index in [1.807, 2.05) is 65.2 Å². The van der Waals surface area contributed by atoms with Gasteiger partial charge in [0.2, 0.25) is 5.95 Å². The van der Waals surface area contributed by atoms with Gasteiger partial charge in [0.05, 0.1) is 0 Å². The normalized spacial score (nSPS) is 17.0. The van der Waals surface area contributed by atoms with Crippen molar-refractivity contribution in [3.05, 3.63) is 66.1 Å². The molecule has 2 saturated heterocycles. The van der Waals surface area contributed by atoms with Gasteiger partial charge >= 0.3 is 0 Å². The Morgan fingerprint density at radius 3 is 2.19 bits per heavy atom. The zero-order valence-corrected chi connectivity index (χ0v) is 18.7. The lowest BCUT2D eigenvalue weighted by Gasteiger charge is -2.35. The number of carbonyl (C=O) groups excluding carboxylic acids is 1. The Bertz CT molecular complexity index is 1050. The predicted molar refractivity (Wildman–Crippen MR) is 127 cm³/mol. The molecule has 2 aromatic heterocycles. The van der Waals surface area contributed by atoms with Crippen molar-refractivity contribution in [2.24, 2.45) is 0 Å². The van der Waals surface area contributed by atoms with Gasteiger partial charge in [-0.2, -0.15) is 4.98 Å². The van der Waals surface area contributed by atoms with Crippen molar-refractivity contribution < 1.29 is 4.79 Å². The lowest BCUT2D eigenvalue weighted by atomic mass is 10.1. The number of hydrogen-bond acceptors (Lipinski definition) is 5. The van der Waals surface area contributed by atoms with Gasteiger partial charge in [-0.3, -0.25) is 4.79 Å². The summed E-state index contributed by atoms with van der Waals surface area (Å²) in [6.45, 7) is 7.02. The quantitative estimate of drug-likeness (QED) is 0.634. The van der Waals surface area contributed by atoms with E-state index in [1.54, 1.807) is 0 Å². The second kappa shape index (κ2) is 9.02. The van der Waals surface area contributed by atoms with Gasteiger partial charge < -0.3 is 19.3 Å². The molecule has 4 heterocycles. The number of carbonyl (C=O) groups is 1. The Balaban J connectivity index is 1.23. The molecule has 3 aromatic rings. The summed E-state index contributed by atoms with van der Waals surface area (Å²) in [6, 6.07) is 13.9. The summed E-state index contributed by atoms with van der Waals surface area (Å²) >= 11 is 0. The molecule has 166 valence electrons. The third-order valence-electron chi connectivity index (χ3n) is 6.38. The molecule has 32 heavy (non-hydrogen) atoms. The fourth-order valence-electron chi connectivity index (χ4n) is 4.54. The highest BCUT2D eigenvalue weighted by molar-refractivity contribution is 5.94. The number of piperazine rings is 1. The molecule has 7 heteroatoms. The highest BCUT2D eigenvalue weighted by Crippen LogP contribution is 2.22. The third kappa shape index (κ3) is 4.33. The Hall–Kier alpha value is -3.35. The molecule has 1 amide bonds. The highest BCUT2D eigenvalue weighted by Gasteiger charge is 2.24.